The summed E-state index contributed by atoms with van der Waals surface area (Å²) < 4.78 is 60.5. The van der Waals surface area contributed by atoms with E-state index in [4.69, 9.17) is 15.3 Å². The fourth-order valence-corrected chi connectivity index (χ4v) is 3.90. The number of anilines is 1. The summed E-state index contributed by atoms with van der Waals surface area (Å²) in [6.45, 7) is 0. The van der Waals surface area contributed by atoms with Crippen LogP contribution in [0.1, 0.15) is 5.56 Å². The fraction of sp³-hybridized carbons (Fsp3) is 0.200. The van der Waals surface area contributed by atoms with Gasteiger partial charge in [0.05, 0.1) is 7.11 Å². The molecular weight excluding hydrogens is 415 g/mol. The molecule has 0 aliphatic heterocycles. The van der Waals surface area contributed by atoms with Gasteiger partial charge in [-0.25, -0.2) is 23.1 Å². The van der Waals surface area contributed by atoms with E-state index in [9.17, 15) is 8.78 Å². The molecule has 0 saturated heterocycles. The van der Waals surface area contributed by atoms with Gasteiger partial charge in [-0.1, -0.05) is 9.62 Å². The first kappa shape index (κ1) is 21.6. The van der Waals surface area contributed by atoms with Crippen LogP contribution in [0.5, 0.6) is 5.75 Å². The predicted molar refractivity (Wildman–Crippen MR) is 112 cm³/mol. The molecule has 0 amide bonds. The smallest absolute Gasteiger partial charge is 0.221 e. The van der Waals surface area contributed by atoms with Gasteiger partial charge in [0.25, 0.3) is 0 Å². The Morgan fingerprint density at radius 1 is 1.07 bits per heavy atom. The normalized spacial score (nSPS) is 13.0. The molecule has 2 aromatic carbocycles. The van der Waals surface area contributed by atoms with Crippen LogP contribution in [0.4, 0.5) is 19.1 Å². The lowest BCUT2D eigenvalue weighted by Gasteiger charge is -2.13. The Balaban J connectivity index is 2.20. The lowest BCUT2D eigenvalue weighted by Crippen LogP contribution is -2.05. The number of nitrogens with zero attached hydrogens (tertiary/aromatic N) is 3. The molecule has 1 atom stereocenters. The summed E-state index contributed by atoms with van der Waals surface area (Å²) in [6, 6.07) is 7.50. The summed E-state index contributed by atoms with van der Waals surface area (Å²) in [5, 5.41) is 0. The first-order valence-electron chi connectivity index (χ1n) is 8.72. The minimum atomic E-state index is -2.07. The number of halogens is 3. The molecule has 3 N–H and O–H groups in total. The number of ether oxygens (including phenoxy) is 1. The third kappa shape index (κ3) is 4.54. The van der Waals surface area contributed by atoms with E-state index >= 15 is 4.39 Å². The molecule has 0 bridgehead atoms. The van der Waals surface area contributed by atoms with Gasteiger partial charge in [-0.2, -0.15) is 0 Å². The summed E-state index contributed by atoms with van der Waals surface area (Å²) in [4.78, 5) is 7.89. The number of nitrogens with one attached hydrogen (secondary N) is 1. The van der Waals surface area contributed by atoms with E-state index in [0.717, 1.165) is 18.2 Å². The molecule has 10 heteroatoms. The molecule has 3 rings (SSSR count). The topological polar surface area (TPSA) is 97.2 Å². The highest BCUT2D eigenvalue weighted by Crippen LogP contribution is 2.35. The lowest BCUT2D eigenvalue weighted by atomic mass is 10.0. The van der Waals surface area contributed by atoms with Gasteiger partial charge in [0.2, 0.25) is 5.95 Å². The quantitative estimate of drug-likeness (QED) is 0.608. The summed E-state index contributed by atoms with van der Waals surface area (Å²) >= 11 is 0. The second-order valence-electron chi connectivity index (χ2n) is 6.65. The van der Waals surface area contributed by atoms with Gasteiger partial charge in [-0.3, -0.25) is 9.14 Å². The Morgan fingerprint density at radius 2 is 1.77 bits per heavy atom. The van der Waals surface area contributed by atoms with Gasteiger partial charge in [0.15, 0.2) is 5.82 Å². The van der Waals surface area contributed by atoms with E-state index in [1.165, 1.54) is 26.3 Å². The highest BCUT2D eigenvalue weighted by Gasteiger charge is 2.21. The number of hydrogen-bond acceptors (Lipinski definition) is 6. The maximum Gasteiger partial charge on any atom is 0.221 e. The molecule has 1 aromatic heterocycles. The number of rotatable bonds is 5. The van der Waals surface area contributed by atoms with Crippen molar-refractivity contribution in [3.05, 3.63) is 59.4 Å². The second kappa shape index (κ2) is 8.31. The van der Waals surface area contributed by atoms with Crippen molar-refractivity contribution in [2.24, 2.45) is 4.36 Å². The summed E-state index contributed by atoms with van der Waals surface area (Å²) in [7, 11) is 0.791. The average molecular weight is 435 g/mol. The van der Waals surface area contributed by atoms with Crippen molar-refractivity contribution in [1.82, 2.24) is 9.97 Å². The van der Waals surface area contributed by atoms with Gasteiger partial charge in [0.1, 0.15) is 28.8 Å². The standard InChI is InChI=1S/C20H20F3N5OS/c1-26-30(3,25)10-11-6-12(8-14(22)7-11)18-17(23)19(28-20(24)27-18)15-5-4-13(21)9-16(15)29-2/h4-9,25H,10H2,1-3H3,(H2,24,27,28). The first-order chi connectivity index (χ1) is 14.1. The minimum Gasteiger partial charge on any atom is -0.496 e. The largest absolute Gasteiger partial charge is 0.496 e. The highest BCUT2D eigenvalue weighted by molar-refractivity contribution is 7.93. The molecule has 0 aliphatic carbocycles. The van der Waals surface area contributed by atoms with Crippen molar-refractivity contribution in [2.75, 3.05) is 26.1 Å². The third-order valence-corrected chi connectivity index (χ3v) is 6.07. The molecular formula is C20H20F3N5OS. The molecule has 0 saturated carbocycles. The van der Waals surface area contributed by atoms with Crippen molar-refractivity contribution in [1.29, 1.82) is 4.78 Å². The fourth-order valence-electron chi connectivity index (χ4n) is 2.95. The van der Waals surface area contributed by atoms with Gasteiger partial charge >= 0.3 is 0 Å². The molecule has 0 spiro atoms. The first-order valence-corrected chi connectivity index (χ1v) is 10.9. The Kier molecular flexibility index (Phi) is 5.97. The van der Waals surface area contributed by atoms with Crippen LogP contribution < -0.4 is 10.5 Å². The third-order valence-electron chi connectivity index (χ3n) is 4.37. The average Bonchev–Trinajstić information content (AvgIpc) is 2.68. The summed E-state index contributed by atoms with van der Waals surface area (Å²) in [5.74, 6) is -1.99. The zero-order chi connectivity index (χ0) is 22.1. The number of hydrogen-bond donors (Lipinski definition) is 2. The molecule has 3 aromatic rings. The van der Waals surface area contributed by atoms with Gasteiger partial charge in [-0.15, -0.1) is 0 Å². The SMILES string of the molecule is CN=S(C)(=N)Cc1cc(F)cc(-c2nc(N)nc(-c3ccc(F)cc3OC)c2F)c1. The zero-order valence-corrected chi connectivity index (χ0v) is 17.4. The number of benzene rings is 2. The molecule has 30 heavy (non-hydrogen) atoms. The van der Waals surface area contributed by atoms with Crippen LogP contribution in [-0.2, 0) is 15.4 Å². The summed E-state index contributed by atoms with van der Waals surface area (Å²) in [6.07, 6.45) is 1.67. The Morgan fingerprint density at radius 3 is 2.43 bits per heavy atom. The van der Waals surface area contributed by atoms with Crippen molar-refractivity contribution < 1.29 is 17.9 Å². The van der Waals surface area contributed by atoms with Crippen molar-refractivity contribution in [3.8, 4) is 28.3 Å². The van der Waals surface area contributed by atoms with Gasteiger partial charge in [0, 0.05) is 36.2 Å². The van der Waals surface area contributed by atoms with Crippen LogP contribution in [0.3, 0.4) is 0 Å². The number of methoxy groups -OCH3 is 1. The van der Waals surface area contributed by atoms with Crippen LogP contribution in [0.15, 0.2) is 40.8 Å². The van der Waals surface area contributed by atoms with Gasteiger partial charge in [-0.05, 0) is 35.9 Å². The Labute approximate surface area is 172 Å². The van der Waals surface area contributed by atoms with Gasteiger partial charge < -0.3 is 10.5 Å². The molecule has 6 nitrogen and oxygen atoms in total. The lowest BCUT2D eigenvalue weighted by molar-refractivity contribution is 0.412. The van der Waals surface area contributed by atoms with Crippen molar-refractivity contribution >= 4 is 15.6 Å². The Hall–Kier alpha value is -3.14. The van der Waals surface area contributed by atoms with Crippen LogP contribution >= 0.6 is 0 Å². The van der Waals surface area contributed by atoms with Crippen LogP contribution in [-0.4, -0.2) is 30.4 Å². The number of nitrogen functional groups attached to an aromatic ring is 1. The Bertz CT molecular complexity index is 1240. The monoisotopic (exact) mass is 435 g/mol. The number of nitrogens with two attached hydrogens (primary N) is 1. The van der Waals surface area contributed by atoms with E-state index in [-0.39, 0.29) is 40.0 Å². The molecule has 1 heterocycles. The van der Waals surface area contributed by atoms with Crippen LogP contribution in [0, 0.1) is 22.2 Å². The molecule has 0 aliphatic rings. The zero-order valence-electron chi connectivity index (χ0n) is 16.5. The highest BCUT2D eigenvalue weighted by atomic mass is 32.2. The molecule has 158 valence electrons. The van der Waals surface area contributed by atoms with E-state index in [1.807, 2.05) is 0 Å². The second-order valence-corrected chi connectivity index (χ2v) is 9.39. The minimum absolute atomic E-state index is 0.0658. The molecule has 0 fully saturated rings. The number of aromatic nitrogens is 2. The maximum absolute atomic E-state index is 15.4. The van der Waals surface area contributed by atoms with E-state index in [1.54, 1.807) is 12.3 Å². The van der Waals surface area contributed by atoms with E-state index in [0.29, 0.717) is 5.56 Å². The van der Waals surface area contributed by atoms with Crippen LogP contribution in [0.2, 0.25) is 0 Å². The molecule has 0 radical (unpaired) electrons. The van der Waals surface area contributed by atoms with Crippen LogP contribution in [0.25, 0.3) is 22.5 Å². The summed E-state index contributed by atoms with van der Waals surface area (Å²) in [5.41, 5.74) is 6.19. The van der Waals surface area contributed by atoms with Crippen molar-refractivity contribution in [2.45, 2.75) is 5.75 Å². The predicted octanol–water partition coefficient (Wildman–Crippen LogP) is 4.68. The van der Waals surface area contributed by atoms with E-state index in [2.05, 4.69) is 14.3 Å². The molecule has 1 unspecified atom stereocenters. The van der Waals surface area contributed by atoms with Crippen molar-refractivity contribution in [3.63, 3.8) is 0 Å². The maximum atomic E-state index is 15.4. The van der Waals surface area contributed by atoms with E-state index < -0.39 is 27.1 Å².